The van der Waals surface area contributed by atoms with E-state index in [9.17, 15) is 18.0 Å². The lowest BCUT2D eigenvalue weighted by molar-refractivity contribution is -0.146. The molecule has 0 saturated carbocycles. The van der Waals surface area contributed by atoms with E-state index < -0.39 is 12.0 Å². The molecule has 0 unspecified atom stereocenters. The van der Waals surface area contributed by atoms with Crippen molar-refractivity contribution in [3.8, 4) is 11.5 Å². The number of carbonyl (C=O) groups excluding carboxylic acids is 1. The van der Waals surface area contributed by atoms with Crippen LogP contribution in [0.15, 0.2) is 36.4 Å². The second kappa shape index (κ2) is 8.41. The zero-order chi connectivity index (χ0) is 23.0. The number of hydrogen-bond acceptors (Lipinski definition) is 7. The quantitative estimate of drug-likeness (QED) is 0.636. The predicted molar refractivity (Wildman–Crippen MR) is 110 cm³/mol. The van der Waals surface area contributed by atoms with Gasteiger partial charge in [-0.2, -0.15) is 17.7 Å². The molecule has 3 aromatic rings. The highest BCUT2D eigenvalue weighted by Gasteiger charge is 2.38. The third-order valence-corrected chi connectivity index (χ3v) is 5.76. The number of benzene rings is 1. The number of fused-ring (bicyclic) bond motifs is 2. The molecule has 2 aliphatic heterocycles. The van der Waals surface area contributed by atoms with Crippen molar-refractivity contribution in [3.63, 3.8) is 0 Å². The number of anilines is 1. The predicted octanol–water partition coefficient (Wildman–Crippen LogP) is 2.32. The molecular weight excluding hydrogens is 441 g/mol. The molecule has 4 heterocycles. The summed E-state index contributed by atoms with van der Waals surface area (Å²) in [7, 11) is 0. The number of piperidine rings is 1. The highest BCUT2D eigenvalue weighted by atomic mass is 19.4. The highest BCUT2D eigenvalue weighted by Crippen LogP contribution is 2.31. The zero-order valence-electron chi connectivity index (χ0n) is 17.5. The third-order valence-electron chi connectivity index (χ3n) is 5.76. The second-order valence-corrected chi connectivity index (χ2v) is 7.99. The van der Waals surface area contributed by atoms with E-state index in [1.54, 1.807) is 6.07 Å². The van der Waals surface area contributed by atoms with E-state index in [4.69, 9.17) is 9.47 Å². The van der Waals surface area contributed by atoms with Crippen molar-refractivity contribution in [2.45, 2.75) is 25.1 Å². The summed E-state index contributed by atoms with van der Waals surface area (Å²) < 4.78 is 51.5. The summed E-state index contributed by atoms with van der Waals surface area (Å²) in [5.41, 5.74) is 0.0249. The van der Waals surface area contributed by atoms with Gasteiger partial charge in [-0.3, -0.25) is 4.79 Å². The van der Waals surface area contributed by atoms with Gasteiger partial charge in [-0.15, -0.1) is 15.3 Å². The van der Waals surface area contributed by atoms with E-state index in [2.05, 4.69) is 20.6 Å². The van der Waals surface area contributed by atoms with Crippen LogP contribution in [0.3, 0.4) is 0 Å². The Kier molecular flexibility index (Phi) is 5.43. The van der Waals surface area contributed by atoms with Gasteiger partial charge >= 0.3 is 6.18 Å². The molecule has 1 atom stereocenters. The normalized spacial score (nSPS) is 19.0. The number of hydrogen-bond donors (Lipinski definition) is 1. The van der Waals surface area contributed by atoms with Crippen LogP contribution < -0.4 is 19.7 Å². The number of rotatable bonds is 4. The minimum absolute atomic E-state index is 0.0249. The Balaban J connectivity index is 1.15. The molecule has 0 radical (unpaired) electrons. The minimum atomic E-state index is -4.65. The number of carbonyl (C=O) groups is 1. The van der Waals surface area contributed by atoms with Crippen LogP contribution in [0, 0.1) is 5.92 Å². The smallest absolute Gasteiger partial charge is 0.453 e. The molecule has 33 heavy (non-hydrogen) atoms. The van der Waals surface area contributed by atoms with Crippen molar-refractivity contribution in [2.75, 3.05) is 31.1 Å². The van der Waals surface area contributed by atoms with E-state index >= 15 is 0 Å². The van der Waals surface area contributed by atoms with Crippen molar-refractivity contribution >= 4 is 17.4 Å². The van der Waals surface area contributed by atoms with Crippen LogP contribution in [0.1, 0.15) is 18.7 Å². The Hall–Kier alpha value is -3.57. The number of alkyl halides is 3. The van der Waals surface area contributed by atoms with Gasteiger partial charge in [-0.1, -0.05) is 12.1 Å². The van der Waals surface area contributed by atoms with Crippen molar-refractivity contribution in [1.82, 2.24) is 25.1 Å². The summed E-state index contributed by atoms with van der Waals surface area (Å²) in [6.07, 6.45) is -3.80. The molecular formula is C21H21F3N6O3. The molecule has 1 N–H and O–H groups in total. The number of para-hydroxylation sites is 2. The average molecular weight is 462 g/mol. The van der Waals surface area contributed by atoms with Gasteiger partial charge < -0.3 is 19.7 Å². The largest absolute Gasteiger partial charge is 0.486 e. The first-order valence-corrected chi connectivity index (χ1v) is 10.6. The molecule has 1 fully saturated rings. The molecule has 1 saturated heterocycles. The van der Waals surface area contributed by atoms with Gasteiger partial charge in [0.15, 0.2) is 17.1 Å². The number of aromatic nitrogens is 4. The SMILES string of the molecule is O=C(NC[C@@H]1COc2ccccc2O1)C1CCN(c2ccc3nnc(C(F)(F)F)n3n2)CC1. The molecule has 0 bridgehead atoms. The Morgan fingerprint density at radius 1 is 1.09 bits per heavy atom. The van der Waals surface area contributed by atoms with E-state index in [-0.39, 0.29) is 23.6 Å². The van der Waals surface area contributed by atoms with E-state index in [1.165, 1.54) is 6.07 Å². The Labute approximate surface area is 186 Å². The first-order chi connectivity index (χ1) is 15.9. The minimum Gasteiger partial charge on any atom is -0.486 e. The van der Waals surface area contributed by atoms with Gasteiger partial charge in [0.1, 0.15) is 18.5 Å². The van der Waals surface area contributed by atoms with Crippen LogP contribution in [0.25, 0.3) is 5.65 Å². The molecule has 2 aromatic heterocycles. The van der Waals surface area contributed by atoms with Crippen LogP contribution in [-0.4, -0.2) is 58.1 Å². The van der Waals surface area contributed by atoms with Crippen LogP contribution >= 0.6 is 0 Å². The Morgan fingerprint density at radius 2 is 1.85 bits per heavy atom. The van der Waals surface area contributed by atoms with Gasteiger partial charge in [-0.05, 0) is 37.1 Å². The lowest BCUT2D eigenvalue weighted by Gasteiger charge is -2.32. The lowest BCUT2D eigenvalue weighted by Crippen LogP contribution is -2.45. The Bertz CT molecular complexity index is 1160. The van der Waals surface area contributed by atoms with Crippen LogP contribution in [0.2, 0.25) is 0 Å². The lowest BCUT2D eigenvalue weighted by atomic mass is 9.96. The number of nitrogens with one attached hydrogen (secondary N) is 1. The maximum atomic E-state index is 13.1. The van der Waals surface area contributed by atoms with Gasteiger partial charge in [0.25, 0.3) is 5.82 Å². The number of amides is 1. The molecule has 174 valence electrons. The average Bonchev–Trinajstić information content (AvgIpc) is 3.26. The standard InChI is InChI=1S/C21H21F3N6O3/c22-21(23,24)20-27-26-17-5-6-18(28-30(17)20)29-9-7-13(8-10-29)19(31)25-11-14-12-32-15-3-1-2-4-16(15)33-14/h1-6,13-14H,7-12H2,(H,25,31)/t14-/m1/s1. The maximum absolute atomic E-state index is 13.1. The van der Waals surface area contributed by atoms with Crippen molar-refractivity contribution in [3.05, 3.63) is 42.2 Å². The van der Waals surface area contributed by atoms with Crippen molar-refractivity contribution in [1.29, 1.82) is 0 Å². The van der Waals surface area contributed by atoms with Crippen molar-refractivity contribution in [2.24, 2.45) is 5.92 Å². The fourth-order valence-electron chi connectivity index (χ4n) is 4.02. The number of nitrogens with zero attached hydrogens (tertiary/aromatic N) is 5. The van der Waals surface area contributed by atoms with E-state index in [0.717, 1.165) is 0 Å². The molecule has 1 aromatic carbocycles. The first-order valence-electron chi connectivity index (χ1n) is 10.6. The van der Waals surface area contributed by atoms with E-state index in [0.29, 0.717) is 60.9 Å². The maximum Gasteiger partial charge on any atom is 0.453 e. The van der Waals surface area contributed by atoms with Gasteiger partial charge in [0.05, 0.1) is 6.54 Å². The molecule has 1 amide bonds. The van der Waals surface area contributed by atoms with Crippen LogP contribution in [0.4, 0.5) is 19.0 Å². The topological polar surface area (TPSA) is 93.9 Å². The zero-order valence-corrected chi connectivity index (χ0v) is 17.5. The number of ether oxygens (including phenoxy) is 2. The third kappa shape index (κ3) is 4.37. The summed E-state index contributed by atoms with van der Waals surface area (Å²) in [4.78, 5) is 14.5. The van der Waals surface area contributed by atoms with Gasteiger partial charge in [-0.25, -0.2) is 0 Å². The molecule has 5 rings (SSSR count). The second-order valence-electron chi connectivity index (χ2n) is 7.99. The molecule has 0 spiro atoms. The molecule has 9 nitrogen and oxygen atoms in total. The van der Waals surface area contributed by atoms with Crippen molar-refractivity contribution < 1.29 is 27.4 Å². The number of halogens is 3. The summed E-state index contributed by atoms with van der Waals surface area (Å²) in [5.74, 6) is 0.306. The molecule has 2 aliphatic rings. The monoisotopic (exact) mass is 462 g/mol. The summed E-state index contributed by atoms with van der Waals surface area (Å²) in [6.45, 7) is 1.68. The summed E-state index contributed by atoms with van der Waals surface area (Å²) in [5, 5.41) is 13.7. The summed E-state index contributed by atoms with van der Waals surface area (Å²) >= 11 is 0. The fourth-order valence-corrected chi connectivity index (χ4v) is 4.02. The first kappa shape index (κ1) is 21.3. The van der Waals surface area contributed by atoms with Gasteiger partial charge in [0, 0.05) is 19.0 Å². The van der Waals surface area contributed by atoms with Crippen LogP contribution in [-0.2, 0) is 11.0 Å². The molecule has 0 aliphatic carbocycles. The van der Waals surface area contributed by atoms with E-state index in [1.807, 2.05) is 29.2 Å². The molecule has 12 heteroatoms. The highest BCUT2D eigenvalue weighted by molar-refractivity contribution is 5.79. The summed E-state index contributed by atoms with van der Waals surface area (Å²) in [6, 6.07) is 10.4. The Morgan fingerprint density at radius 3 is 2.61 bits per heavy atom. The fraction of sp³-hybridized carbons (Fsp3) is 0.429. The van der Waals surface area contributed by atoms with Gasteiger partial charge in [0.2, 0.25) is 5.91 Å². The van der Waals surface area contributed by atoms with Crippen LogP contribution in [0.5, 0.6) is 11.5 Å².